The van der Waals surface area contributed by atoms with E-state index in [0.29, 0.717) is 12.8 Å². The number of hydrogen-bond acceptors (Lipinski definition) is 2. The van der Waals surface area contributed by atoms with Gasteiger partial charge in [0.15, 0.2) is 0 Å². The molecule has 0 saturated carbocycles. The predicted octanol–water partition coefficient (Wildman–Crippen LogP) is 3.30. The van der Waals surface area contributed by atoms with E-state index in [2.05, 4.69) is 6.92 Å². The van der Waals surface area contributed by atoms with Crippen molar-refractivity contribution in [1.82, 2.24) is 0 Å². The number of unbranched alkanes of at least 4 members (excludes halogenated alkanes) is 4. The summed E-state index contributed by atoms with van der Waals surface area (Å²) in [6.07, 6.45) is 7.06. The molecule has 0 aliphatic heterocycles. The topological polar surface area (TPSA) is 74.6 Å². The van der Waals surface area contributed by atoms with Gasteiger partial charge in [-0.15, -0.1) is 0 Å². The molecule has 0 aromatic heterocycles. The molecule has 0 aliphatic carbocycles. The highest BCUT2D eigenvalue weighted by Crippen LogP contribution is 2.18. The molecular formula is C13H24O4. The summed E-state index contributed by atoms with van der Waals surface area (Å²) in [5.41, 5.74) is 0. The van der Waals surface area contributed by atoms with Crippen molar-refractivity contribution in [2.75, 3.05) is 0 Å². The molecule has 0 heterocycles. The first-order valence-corrected chi connectivity index (χ1v) is 6.52. The zero-order chi connectivity index (χ0) is 13.1. The molecule has 0 saturated heterocycles. The van der Waals surface area contributed by atoms with Gasteiger partial charge in [0.25, 0.3) is 0 Å². The van der Waals surface area contributed by atoms with Crippen LogP contribution in [0.15, 0.2) is 0 Å². The monoisotopic (exact) mass is 244 g/mol. The fraction of sp³-hybridized carbons (Fsp3) is 0.846. The first-order chi connectivity index (χ1) is 8.07. The van der Waals surface area contributed by atoms with Crippen LogP contribution in [0.4, 0.5) is 0 Å². The summed E-state index contributed by atoms with van der Waals surface area (Å²) in [4.78, 5) is 21.3. The minimum Gasteiger partial charge on any atom is -0.481 e. The fourth-order valence-electron chi connectivity index (χ4n) is 1.88. The van der Waals surface area contributed by atoms with Gasteiger partial charge < -0.3 is 10.2 Å². The molecule has 0 bridgehead atoms. The molecule has 0 spiro atoms. The molecule has 0 fully saturated rings. The van der Waals surface area contributed by atoms with Crippen LogP contribution in [0.5, 0.6) is 0 Å². The Hall–Kier alpha value is -1.06. The van der Waals surface area contributed by atoms with Crippen LogP contribution < -0.4 is 0 Å². The highest BCUT2D eigenvalue weighted by molar-refractivity contribution is 5.69. The Kier molecular flexibility index (Phi) is 9.49. The van der Waals surface area contributed by atoms with E-state index >= 15 is 0 Å². The lowest BCUT2D eigenvalue weighted by molar-refractivity contribution is -0.142. The number of rotatable bonds is 11. The third-order valence-corrected chi connectivity index (χ3v) is 2.95. The SMILES string of the molecule is CCCCCC(CCCCCC(=O)O)C(=O)O. The van der Waals surface area contributed by atoms with Gasteiger partial charge >= 0.3 is 11.9 Å². The molecule has 1 atom stereocenters. The van der Waals surface area contributed by atoms with Crippen LogP contribution in [0.1, 0.15) is 64.7 Å². The average molecular weight is 244 g/mol. The van der Waals surface area contributed by atoms with Crippen molar-refractivity contribution in [3.05, 3.63) is 0 Å². The first-order valence-electron chi connectivity index (χ1n) is 6.52. The molecule has 0 aromatic carbocycles. The lowest BCUT2D eigenvalue weighted by Crippen LogP contribution is -2.13. The van der Waals surface area contributed by atoms with E-state index in [1.54, 1.807) is 0 Å². The summed E-state index contributed by atoms with van der Waals surface area (Å²) in [5.74, 6) is -1.73. The second kappa shape index (κ2) is 10.1. The highest BCUT2D eigenvalue weighted by atomic mass is 16.4. The van der Waals surface area contributed by atoms with Crippen LogP contribution in [0, 0.1) is 5.92 Å². The van der Waals surface area contributed by atoms with Crippen molar-refractivity contribution in [2.45, 2.75) is 64.7 Å². The van der Waals surface area contributed by atoms with Crippen LogP contribution >= 0.6 is 0 Å². The number of carboxylic acids is 2. The van der Waals surface area contributed by atoms with E-state index in [1.165, 1.54) is 0 Å². The lowest BCUT2D eigenvalue weighted by Gasteiger charge is -2.11. The molecule has 1 unspecified atom stereocenters. The van der Waals surface area contributed by atoms with Crippen LogP contribution in [0.2, 0.25) is 0 Å². The van der Waals surface area contributed by atoms with Gasteiger partial charge in [0.1, 0.15) is 0 Å². The van der Waals surface area contributed by atoms with E-state index in [1.807, 2.05) is 0 Å². The summed E-state index contributed by atoms with van der Waals surface area (Å²) in [5, 5.41) is 17.5. The highest BCUT2D eigenvalue weighted by Gasteiger charge is 2.16. The quantitative estimate of drug-likeness (QED) is 0.547. The van der Waals surface area contributed by atoms with Crippen LogP contribution in [0.25, 0.3) is 0 Å². The number of aliphatic carboxylic acids is 2. The summed E-state index contributed by atoms with van der Waals surface area (Å²) in [6, 6.07) is 0. The van der Waals surface area contributed by atoms with E-state index in [-0.39, 0.29) is 12.3 Å². The smallest absolute Gasteiger partial charge is 0.306 e. The van der Waals surface area contributed by atoms with Crippen molar-refractivity contribution in [2.24, 2.45) is 5.92 Å². The van der Waals surface area contributed by atoms with Crippen molar-refractivity contribution in [3.8, 4) is 0 Å². The maximum Gasteiger partial charge on any atom is 0.306 e. The number of hydrogen-bond donors (Lipinski definition) is 2. The molecule has 0 radical (unpaired) electrons. The minimum atomic E-state index is -0.775. The Morgan fingerprint density at radius 3 is 2.00 bits per heavy atom. The molecule has 0 amide bonds. The second-order valence-corrected chi connectivity index (χ2v) is 4.52. The molecule has 100 valence electrons. The molecule has 4 nitrogen and oxygen atoms in total. The van der Waals surface area contributed by atoms with Crippen LogP contribution in [0.3, 0.4) is 0 Å². The van der Waals surface area contributed by atoms with E-state index < -0.39 is 11.9 Å². The average Bonchev–Trinajstić information content (AvgIpc) is 2.25. The van der Waals surface area contributed by atoms with Gasteiger partial charge in [-0.2, -0.15) is 0 Å². The normalized spacial score (nSPS) is 12.3. The molecule has 0 aromatic rings. The Morgan fingerprint density at radius 1 is 0.941 bits per heavy atom. The van der Waals surface area contributed by atoms with Crippen molar-refractivity contribution in [3.63, 3.8) is 0 Å². The van der Waals surface area contributed by atoms with Crippen molar-refractivity contribution >= 4 is 11.9 Å². The fourth-order valence-corrected chi connectivity index (χ4v) is 1.88. The summed E-state index contributed by atoms with van der Waals surface area (Å²) in [6.45, 7) is 2.10. The molecule has 2 N–H and O–H groups in total. The Bertz CT molecular complexity index is 225. The van der Waals surface area contributed by atoms with Crippen LogP contribution in [-0.4, -0.2) is 22.2 Å². The van der Waals surface area contributed by atoms with Gasteiger partial charge in [0, 0.05) is 6.42 Å². The maximum absolute atomic E-state index is 11.0. The molecular weight excluding hydrogens is 220 g/mol. The lowest BCUT2D eigenvalue weighted by atomic mass is 9.95. The summed E-state index contributed by atoms with van der Waals surface area (Å²) < 4.78 is 0. The third kappa shape index (κ3) is 9.85. The predicted molar refractivity (Wildman–Crippen MR) is 66.0 cm³/mol. The van der Waals surface area contributed by atoms with Crippen LogP contribution in [-0.2, 0) is 9.59 Å². The zero-order valence-corrected chi connectivity index (χ0v) is 10.7. The van der Waals surface area contributed by atoms with Gasteiger partial charge in [0.2, 0.25) is 0 Å². The van der Waals surface area contributed by atoms with Gasteiger partial charge in [-0.1, -0.05) is 39.0 Å². The molecule has 0 aliphatic rings. The molecule has 4 heteroatoms. The Morgan fingerprint density at radius 2 is 1.53 bits per heavy atom. The van der Waals surface area contributed by atoms with Gasteiger partial charge in [-0.25, -0.2) is 0 Å². The molecule has 0 rings (SSSR count). The van der Waals surface area contributed by atoms with E-state index in [9.17, 15) is 9.59 Å². The zero-order valence-electron chi connectivity index (χ0n) is 10.7. The Balaban J connectivity index is 3.63. The second-order valence-electron chi connectivity index (χ2n) is 4.52. The van der Waals surface area contributed by atoms with Gasteiger partial charge in [-0.05, 0) is 19.3 Å². The standard InChI is InChI=1S/C13H24O4/c1-2-3-5-8-11(13(16)17)9-6-4-7-10-12(14)15/h11H,2-10H2,1H3,(H,14,15)(H,16,17). The molecule has 17 heavy (non-hydrogen) atoms. The number of carboxylic acid groups (broad SMARTS) is 2. The van der Waals surface area contributed by atoms with Crippen molar-refractivity contribution < 1.29 is 19.8 Å². The van der Waals surface area contributed by atoms with Gasteiger partial charge in [-0.3, -0.25) is 9.59 Å². The first kappa shape index (κ1) is 15.9. The largest absolute Gasteiger partial charge is 0.481 e. The minimum absolute atomic E-state index is 0.188. The van der Waals surface area contributed by atoms with E-state index in [0.717, 1.165) is 38.5 Å². The Labute approximate surface area is 103 Å². The maximum atomic E-state index is 11.0. The number of carbonyl (C=O) groups is 2. The van der Waals surface area contributed by atoms with Gasteiger partial charge in [0.05, 0.1) is 5.92 Å². The third-order valence-electron chi connectivity index (χ3n) is 2.95. The van der Waals surface area contributed by atoms with Crippen molar-refractivity contribution in [1.29, 1.82) is 0 Å². The summed E-state index contributed by atoms with van der Waals surface area (Å²) in [7, 11) is 0. The van der Waals surface area contributed by atoms with E-state index in [4.69, 9.17) is 10.2 Å². The summed E-state index contributed by atoms with van der Waals surface area (Å²) >= 11 is 0.